The van der Waals surface area contributed by atoms with Gasteiger partial charge in [-0.15, -0.1) is 0 Å². The number of nitrogens with one attached hydrogen (secondary N) is 1. The van der Waals surface area contributed by atoms with Crippen LogP contribution in [0.2, 0.25) is 5.02 Å². The fourth-order valence-electron chi connectivity index (χ4n) is 1.67. The Morgan fingerprint density at radius 1 is 1.35 bits per heavy atom. The number of thiazole rings is 1. The summed E-state index contributed by atoms with van der Waals surface area (Å²) in [6, 6.07) is 9.10. The van der Waals surface area contributed by atoms with E-state index in [1.165, 1.54) is 23.6 Å². The molecule has 0 spiro atoms. The maximum atomic E-state index is 10.8. The smallest absolute Gasteiger partial charge is 0.337 e. The number of rotatable bonds is 3. The molecule has 0 radical (unpaired) electrons. The Balaban J connectivity index is 1.92. The first kappa shape index (κ1) is 12.8. The van der Waals surface area contributed by atoms with Crippen LogP contribution < -0.4 is 5.32 Å². The predicted octanol–water partition coefficient (Wildman–Crippen LogP) is 3.79. The average molecular weight is 306 g/mol. The van der Waals surface area contributed by atoms with Crippen LogP contribution in [0.4, 0.5) is 10.9 Å². The van der Waals surface area contributed by atoms with Crippen LogP contribution in [0.5, 0.6) is 0 Å². The van der Waals surface area contributed by atoms with Crippen LogP contribution in [-0.4, -0.2) is 21.0 Å². The van der Waals surface area contributed by atoms with Gasteiger partial charge in [-0.3, -0.25) is 0 Å². The quantitative estimate of drug-likeness (QED) is 0.770. The highest BCUT2D eigenvalue weighted by Crippen LogP contribution is 2.30. The molecule has 0 aliphatic heterocycles. The monoisotopic (exact) mass is 305 g/mol. The van der Waals surface area contributed by atoms with Crippen molar-refractivity contribution in [1.29, 1.82) is 0 Å². The number of aromatic nitrogens is 2. The third kappa shape index (κ3) is 2.43. The number of anilines is 2. The Morgan fingerprint density at radius 2 is 2.15 bits per heavy atom. The number of pyridine rings is 1. The lowest BCUT2D eigenvalue weighted by atomic mass is 10.3. The predicted molar refractivity (Wildman–Crippen MR) is 79.1 cm³/mol. The molecule has 2 heterocycles. The number of benzene rings is 1. The first-order valence-corrected chi connectivity index (χ1v) is 6.84. The van der Waals surface area contributed by atoms with Crippen molar-refractivity contribution in [1.82, 2.24) is 9.97 Å². The number of fused-ring (bicyclic) bond motifs is 1. The van der Waals surface area contributed by atoms with Gasteiger partial charge in [0.1, 0.15) is 0 Å². The van der Waals surface area contributed by atoms with E-state index >= 15 is 0 Å². The van der Waals surface area contributed by atoms with Crippen molar-refractivity contribution in [2.45, 2.75) is 0 Å². The zero-order valence-corrected chi connectivity index (χ0v) is 11.6. The SMILES string of the molecule is O=C(O)c1cnc(Nc2nc3ccccc3s2)c(Cl)c1. The number of hydrogen-bond donors (Lipinski definition) is 2. The maximum absolute atomic E-state index is 10.8. The van der Waals surface area contributed by atoms with Gasteiger partial charge in [-0.25, -0.2) is 14.8 Å². The number of hydrogen-bond acceptors (Lipinski definition) is 5. The molecule has 3 rings (SSSR count). The molecule has 1 aromatic carbocycles. The topological polar surface area (TPSA) is 75.1 Å². The fourth-order valence-corrected chi connectivity index (χ4v) is 2.75. The van der Waals surface area contributed by atoms with Gasteiger partial charge < -0.3 is 10.4 Å². The van der Waals surface area contributed by atoms with E-state index in [1.54, 1.807) is 0 Å². The molecular formula is C13H8ClN3O2S. The normalized spacial score (nSPS) is 10.7. The molecule has 2 aromatic heterocycles. The van der Waals surface area contributed by atoms with Gasteiger partial charge in [-0.2, -0.15) is 0 Å². The highest BCUT2D eigenvalue weighted by atomic mass is 35.5. The van der Waals surface area contributed by atoms with E-state index in [1.807, 2.05) is 24.3 Å². The van der Waals surface area contributed by atoms with Gasteiger partial charge in [0, 0.05) is 6.20 Å². The summed E-state index contributed by atoms with van der Waals surface area (Å²) in [4.78, 5) is 19.2. The van der Waals surface area contributed by atoms with Crippen LogP contribution in [0.3, 0.4) is 0 Å². The number of halogens is 1. The van der Waals surface area contributed by atoms with Crippen molar-refractivity contribution in [3.63, 3.8) is 0 Å². The first-order chi connectivity index (χ1) is 9.63. The minimum Gasteiger partial charge on any atom is -0.478 e. The molecule has 0 unspecified atom stereocenters. The van der Waals surface area contributed by atoms with Crippen molar-refractivity contribution in [3.05, 3.63) is 47.1 Å². The average Bonchev–Trinajstić information content (AvgIpc) is 2.83. The van der Waals surface area contributed by atoms with Gasteiger partial charge in [-0.05, 0) is 18.2 Å². The third-order valence-electron chi connectivity index (χ3n) is 2.61. The van der Waals surface area contributed by atoms with Crippen LogP contribution >= 0.6 is 22.9 Å². The zero-order valence-electron chi connectivity index (χ0n) is 10.0. The molecule has 0 bridgehead atoms. The molecule has 7 heteroatoms. The molecule has 0 aliphatic carbocycles. The number of nitrogens with zero attached hydrogens (tertiary/aromatic N) is 2. The molecule has 3 aromatic rings. The third-order valence-corrected chi connectivity index (χ3v) is 3.85. The van der Waals surface area contributed by atoms with Gasteiger partial charge in [0.25, 0.3) is 0 Å². The fraction of sp³-hybridized carbons (Fsp3) is 0. The van der Waals surface area contributed by atoms with Crippen molar-refractivity contribution < 1.29 is 9.90 Å². The van der Waals surface area contributed by atoms with Crippen molar-refractivity contribution >= 4 is 50.1 Å². The van der Waals surface area contributed by atoms with Crippen LogP contribution in [0.25, 0.3) is 10.2 Å². The molecule has 20 heavy (non-hydrogen) atoms. The molecule has 0 amide bonds. The summed E-state index contributed by atoms with van der Waals surface area (Å²) < 4.78 is 1.05. The molecule has 2 N–H and O–H groups in total. The second-order valence-corrected chi connectivity index (χ2v) is 5.41. The Labute approximate surface area is 122 Å². The van der Waals surface area contributed by atoms with Crippen molar-refractivity contribution in [2.75, 3.05) is 5.32 Å². The summed E-state index contributed by atoms with van der Waals surface area (Å²) >= 11 is 7.48. The lowest BCUT2D eigenvalue weighted by Gasteiger charge is -2.04. The molecular weight excluding hydrogens is 298 g/mol. The molecule has 0 fully saturated rings. The molecule has 100 valence electrons. The Bertz CT molecular complexity index is 770. The zero-order chi connectivity index (χ0) is 14.1. The second kappa shape index (κ2) is 5.07. The summed E-state index contributed by atoms with van der Waals surface area (Å²) in [6.07, 6.45) is 1.25. The number of para-hydroxylation sites is 1. The van der Waals surface area contributed by atoms with E-state index in [0.717, 1.165) is 10.2 Å². The van der Waals surface area contributed by atoms with Gasteiger partial charge in [-0.1, -0.05) is 35.1 Å². The standard InChI is InChI=1S/C13H8ClN3O2S/c14-8-5-7(12(18)19)6-15-11(8)17-13-16-9-3-1-2-4-10(9)20-13/h1-6H,(H,18,19)(H,15,16,17). The second-order valence-electron chi connectivity index (χ2n) is 3.97. The van der Waals surface area contributed by atoms with Gasteiger partial charge in [0.05, 0.1) is 20.8 Å². The summed E-state index contributed by atoms with van der Waals surface area (Å²) in [5.41, 5.74) is 0.933. The molecule has 0 saturated carbocycles. The minimum atomic E-state index is -1.06. The number of carboxylic acids is 1. The lowest BCUT2D eigenvalue weighted by Crippen LogP contribution is -2.00. The van der Waals surface area contributed by atoms with Crippen molar-refractivity contribution in [3.8, 4) is 0 Å². The highest BCUT2D eigenvalue weighted by Gasteiger charge is 2.10. The van der Waals surface area contributed by atoms with Crippen molar-refractivity contribution in [2.24, 2.45) is 0 Å². The van der Waals surface area contributed by atoms with E-state index in [-0.39, 0.29) is 10.6 Å². The Morgan fingerprint density at radius 3 is 2.85 bits per heavy atom. The van der Waals surface area contributed by atoms with Crippen LogP contribution in [0.15, 0.2) is 36.5 Å². The largest absolute Gasteiger partial charge is 0.478 e. The Hall–Kier alpha value is -2.18. The van der Waals surface area contributed by atoms with E-state index in [4.69, 9.17) is 16.7 Å². The molecule has 0 saturated heterocycles. The van der Waals surface area contributed by atoms with E-state index < -0.39 is 5.97 Å². The maximum Gasteiger partial charge on any atom is 0.337 e. The summed E-state index contributed by atoms with van der Waals surface area (Å²) in [7, 11) is 0. The van der Waals surface area contributed by atoms with Crippen LogP contribution in [0, 0.1) is 0 Å². The minimum absolute atomic E-state index is 0.0462. The van der Waals surface area contributed by atoms with Gasteiger partial charge in [0.15, 0.2) is 10.9 Å². The van der Waals surface area contributed by atoms with E-state index in [9.17, 15) is 4.79 Å². The number of aromatic carboxylic acids is 1. The highest BCUT2D eigenvalue weighted by molar-refractivity contribution is 7.22. The van der Waals surface area contributed by atoms with Gasteiger partial charge >= 0.3 is 5.97 Å². The summed E-state index contributed by atoms with van der Waals surface area (Å²) in [5, 5.41) is 12.8. The Kier molecular flexibility index (Phi) is 3.25. The first-order valence-electron chi connectivity index (χ1n) is 5.65. The summed E-state index contributed by atoms with van der Waals surface area (Å²) in [5.74, 6) is -0.679. The van der Waals surface area contributed by atoms with E-state index in [0.29, 0.717) is 10.9 Å². The van der Waals surface area contributed by atoms with E-state index in [2.05, 4.69) is 15.3 Å². The lowest BCUT2D eigenvalue weighted by molar-refractivity contribution is 0.0696. The number of carboxylic acid groups (broad SMARTS) is 1. The van der Waals surface area contributed by atoms with Gasteiger partial charge in [0.2, 0.25) is 0 Å². The molecule has 5 nitrogen and oxygen atoms in total. The summed E-state index contributed by atoms with van der Waals surface area (Å²) in [6.45, 7) is 0. The molecule has 0 atom stereocenters. The van der Waals surface area contributed by atoms with Crippen LogP contribution in [-0.2, 0) is 0 Å². The molecule has 0 aliphatic rings. The van der Waals surface area contributed by atoms with Crippen LogP contribution in [0.1, 0.15) is 10.4 Å². The number of carbonyl (C=O) groups is 1.